The summed E-state index contributed by atoms with van der Waals surface area (Å²) in [5.41, 5.74) is 15.8. The van der Waals surface area contributed by atoms with Crippen molar-refractivity contribution in [1.82, 2.24) is 0 Å². The lowest BCUT2D eigenvalue weighted by molar-refractivity contribution is -0.131. The fraction of sp³-hybridized carbons (Fsp3) is 0.500. The van der Waals surface area contributed by atoms with Gasteiger partial charge in [-0.2, -0.15) is 0 Å². The maximum Gasteiger partial charge on any atom is 0.328 e. The first-order valence-electron chi connectivity index (χ1n) is 4.24. The van der Waals surface area contributed by atoms with Gasteiger partial charge in [0, 0.05) is 18.7 Å². The molecule has 7 N–H and O–H groups in total. The van der Waals surface area contributed by atoms with Gasteiger partial charge in [-0.25, -0.2) is 4.79 Å². The number of hydrogen-bond acceptors (Lipinski definition) is 3. The first-order valence-corrected chi connectivity index (χ1v) is 4.24. The highest BCUT2D eigenvalue weighted by atomic mass is 16.4. The first-order chi connectivity index (χ1) is 6.52. The maximum absolute atomic E-state index is 10.1. The van der Waals surface area contributed by atoms with Crippen LogP contribution in [0.25, 0.3) is 0 Å². The Morgan fingerprint density at radius 2 is 2.14 bits per heavy atom. The lowest BCUT2D eigenvalue weighted by Crippen LogP contribution is -2.23. The van der Waals surface area contributed by atoms with Crippen LogP contribution in [0.4, 0.5) is 0 Å². The van der Waals surface area contributed by atoms with E-state index in [-0.39, 0.29) is 12.0 Å². The highest BCUT2D eigenvalue weighted by Crippen LogP contribution is 1.96. The molecule has 0 aromatic carbocycles. The summed E-state index contributed by atoms with van der Waals surface area (Å²) < 4.78 is 0. The lowest BCUT2D eigenvalue weighted by atomic mass is 10.1. The van der Waals surface area contributed by atoms with Crippen LogP contribution in [0.3, 0.4) is 0 Å². The molecule has 0 heterocycles. The second kappa shape index (κ2) is 6.90. The van der Waals surface area contributed by atoms with Gasteiger partial charge >= 0.3 is 5.97 Å². The molecule has 0 aliphatic carbocycles. The second-order valence-corrected chi connectivity index (χ2v) is 2.81. The number of carboxylic acid groups (broad SMARTS) is 1. The minimum Gasteiger partial charge on any atom is -0.478 e. The Morgan fingerprint density at radius 3 is 2.64 bits per heavy atom. The molecule has 0 amide bonds. The third-order valence-electron chi connectivity index (χ3n) is 1.48. The van der Waals surface area contributed by atoms with Crippen molar-refractivity contribution in [3.8, 4) is 0 Å². The Hall–Kier alpha value is -1.56. The molecule has 6 heteroatoms. The van der Waals surface area contributed by atoms with Gasteiger partial charge in [0.05, 0.1) is 0 Å². The van der Waals surface area contributed by atoms with Crippen molar-refractivity contribution in [2.45, 2.75) is 18.9 Å². The van der Waals surface area contributed by atoms with E-state index >= 15 is 0 Å². The molecular formula is C8H16N4O2. The van der Waals surface area contributed by atoms with Gasteiger partial charge in [-0.15, -0.1) is 0 Å². The fourth-order valence-corrected chi connectivity index (χ4v) is 0.837. The van der Waals surface area contributed by atoms with Crippen LogP contribution < -0.4 is 17.2 Å². The summed E-state index contributed by atoms with van der Waals surface area (Å²) in [6.45, 7) is 0.511. The van der Waals surface area contributed by atoms with E-state index < -0.39 is 5.97 Å². The summed E-state index contributed by atoms with van der Waals surface area (Å²) >= 11 is 0. The molecule has 0 radical (unpaired) electrons. The van der Waals surface area contributed by atoms with E-state index in [4.69, 9.17) is 22.3 Å². The number of nitrogens with zero attached hydrogens (tertiary/aromatic N) is 1. The number of nitrogens with two attached hydrogens (primary N) is 3. The topological polar surface area (TPSA) is 128 Å². The van der Waals surface area contributed by atoms with Crippen molar-refractivity contribution in [1.29, 1.82) is 0 Å². The third-order valence-corrected chi connectivity index (χ3v) is 1.48. The summed E-state index contributed by atoms with van der Waals surface area (Å²) in [7, 11) is 0. The van der Waals surface area contributed by atoms with E-state index in [0.29, 0.717) is 13.0 Å². The van der Waals surface area contributed by atoms with E-state index in [0.717, 1.165) is 12.5 Å². The highest BCUT2D eigenvalue weighted by Gasteiger charge is 1.97. The van der Waals surface area contributed by atoms with Gasteiger partial charge in [-0.3, -0.25) is 4.99 Å². The Kier molecular flexibility index (Phi) is 6.13. The molecule has 6 nitrogen and oxygen atoms in total. The molecule has 0 spiro atoms. The van der Waals surface area contributed by atoms with Crippen LogP contribution in [0, 0.1) is 0 Å². The van der Waals surface area contributed by atoms with Crippen molar-refractivity contribution in [2.24, 2.45) is 22.2 Å². The largest absolute Gasteiger partial charge is 0.478 e. The predicted octanol–water partition coefficient (Wildman–Crippen LogP) is -0.992. The molecule has 1 atom stereocenters. The first kappa shape index (κ1) is 12.4. The summed E-state index contributed by atoms with van der Waals surface area (Å²) in [5.74, 6) is -0.940. The average Bonchev–Trinajstić information content (AvgIpc) is 2.08. The van der Waals surface area contributed by atoms with Gasteiger partial charge in [-0.05, 0) is 12.8 Å². The zero-order valence-electron chi connectivity index (χ0n) is 7.89. The SMILES string of the molecule is NC(N)=NCCC[C@H](N)/C=C/C(=O)O. The maximum atomic E-state index is 10.1. The van der Waals surface area contributed by atoms with Crippen LogP contribution >= 0.6 is 0 Å². The molecule has 0 aromatic rings. The number of rotatable bonds is 6. The summed E-state index contributed by atoms with van der Waals surface area (Å²) in [4.78, 5) is 13.9. The lowest BCUT2D eigenvalue weighted by Gasteiger charge is -2.03. The average molecular weight is 200 g/mol. The minimum absolute atomic E-state index is 0.0552. The fourth-order valence-electron chi connectivity index (χ4n) is 0.837. The Bertz CT molecular complexity index is 233. The standard InChI is InChI=1S/C8H16N4O2/c9-6(3-4-7(13)14)2-1-5-12-8(10)11/h3-4,6H,1-2,5,9H2,(H,13,14)(H4,10,11,12)/b4-3+/t6-/m0/s1. The van der Waals surface area contributed by atoms with Crippen LogP contribution in [-0.2, 0) is 4.79 Å². The molecule has 0 aliphatic heterocycles. The Balaban J connectivity index is 3.59. The number of carbonyl (C=O) groups is 1. The van der Waals surface area contributed by atoms with Crippen molar-refractivity contribution >= 4 is 11.9 Å². The molecule has 0 aromatic heterocycles. The van der Waals surface area contributed by atoms with E-state index in [1.54, 1.807) is 0 Å². The predicted molar refractivity (Wildman–Crippen MR) is 54.7 cm³/mol. The number of guanidine groups is 1. The Labute approximate surface area is 82.5 Å². The smallest absolute Gasteiger partial charge is 0.328 e. The van der Waals surface area contributed by atoms with Crippen LogP contribution in [0.5, 0.6) is 0 Å². The van der Waals surface area contributed by atoms with Gasteiger partial charge < -0.3 is 22.3 Å². The molecule has 14 heavy (non-hydrogen) atoms. The monoisotopic (exact) mass is 200 g/mol. The zero-order chi connectivity index (χ0) is 11.0. The second-order valence-electron chi connectivity index (χ2n) is 2.81. The van der Waals surface area contributed by atoms with E-state index in [1.165, 1.54) is 6.08 Å². The molecule has 0 unspecified atom stereocenters. The molecular weight excluding hydrogens is 184 g/mol. The number of hydrogen-bond donors (Lipinski definition) is 4. The highest BCUT2D eigenvalue weighted by molar-refractivity contribution is 5.79. The van der Waals surface area contributed by atoms with E-state index in [1.807, 2.05) is 0 Å². The van der Waals surface area contributed by atoms with Gasteiger partial charge in [0.15, 0.2) is 5.96 Å². The molecule has 0 fully saturated rings. The number of aliphatic imine (C=N–C) groups is 1. The van der Waals surface area contributed by atoms with Crippen LogP contribution in [-0.4, -0.2) is 29.6 Å². The van der Waals surface area contributed by atoms with Crippen molar-refractivity contribution in [3.63, 3.8) is 0 Å². The van der Waals surface area contributed by atoms with Crippen molar-refractivity contribution in [2.75, 3.05) is 6.54 Å². The van der Waals surface area contributed by atoms with E-state index in [2.05, 4.69) is 4.99 Å². The van der Waals surface area contributed by atoms with Crippen molar-refractivity contribution < 1.29 is 9.90 Å². The number of carboxylic acids is 1. The minimum atomic E-state index is -0.996. The van der Waals surface area contributed by atoms with Gasteiger partial charge in [-0.1, -0.05) is 6.08 Å². The van der Waals surface area contributed by atoms with Crippen LogP contribution in [0.1, 0.15) is 12.8 Å². The van der Waals surface area contributed by atoms with Gasteiger partial charge in [0.25, 0.3) is 0 Å². The van der Waals surface area contributed by atoms with Crippen LogP contribution in [0.2, 0.25) is 0 Å². The van der Waals surface area contributed by atoms with Crippen molar-refractivity contribution in [3.05, 3.63) is 12.2 Å². The molecule has 0 aliphatic rings. The molecule has 0 rings (SSSR count). The van der Waals surface area contributed by atoms with Crippen LogP contribution in [0.15, 0.2) is 17.1 Å². The normalized spacial score (nSPS) is 12.6. The molecule has 0 saturated heterocycles. The molecule has 0 bridgehead atoms. The number of aliphatic carboxylic acids is 1. The third kappa shape index (κ3) is 8.54. The zero-order valence-corrected chi connectivity index (χ0v) is 7.89. The summed E-state index contributed by atoms with van der Waals surface area (Å²) in [6, 6.07) is -0.264. The molecule has 0 saturated carbocycles. The quantitative estimate of drug-likeness (QED) is 0.189. The van der Waals surface area contributed by atoms with Gasteiger partial charge in [0.2, 0.25) is 0 Å². The summed E-state index contributed by atoms with van der Waals surface area (Å²) in [5, 5.41) is 8.31. The Morgan fingerprint density at radius 1 is 1.50 bits per heavy atom. The summed E-state index contributed by atoms with van der Waals surface area (Å²) in [6.07, 6.45) is 3.85. The van der Waals surface area contributed by atoms with E-state index in [9.17, 15) is 4.79 Å². The van der Waals surface area contributed by atoms with Gasteiger partial charge in [0.1, 0.15) is 0 Å². The molecule has 80 valence electrons.